The molecular formula is C14H18N6O. The number of nitrogens with zero attached hydrogens (tertiary/aromatic N) is 5. The molecule has 1 fully saturated rings. The summed E-state index contributed by atoms with van der Waals surface area (Å²) in [6, 6.07) is 1.82. The third-order valence-corrected chi connectivity index (χ3v) is 3.68. The van der Waals surface area contributed by atoms with Crippen LogP contribution in [0, 0.1) is 0 Å². The van der Waals surface area contributed by atoms with Crippen molar-refractivity contribution in [2.75, 3.05) is 18.9 Å². The highest BCUT2D eigenvalue weighted by Gasteiger charge is 2.31. The van der Waals surface area contributed by atoms with E-state index in [2.05, 4.69) is 20.4 Å². The van der Waals surface area contributed by atoms with Gasteiger partial charge in [-0.05, 0) is 18.9 Å². The van der Waals surface area contributed by atoms with E-state index in [0.717, 1.165) is 30.9 Å². The van der Waals surface area contributed by atoms with Gasteiger partial charge in [0.2, 0.25) is 5.91 Å². The topological polar surface area (TPSA) is 75.9 Å². The zero-order valence-corrected chi connectivity index (χ0v) is 11.9. The Morgan fingerprint density at radius 2 is 2.38 bits per heavy atom. The van der Waals surface area contributed by atoms with E-state index in [1.54, 1.807) is 29.5 Å². The first kappa shape index (κ1) is 13.5. The Morgan fingerprint density at radius 3 is 3.14 bits per heavy atom. The number of carbonyl (C=O) groups excluding carboxylic acids is 1. The van der Waals surface area contributed by atoms with E-state index in [9.17, 15) is 4.79 Å². The Hall–Kier alpha value is -2.44. The summed E-state index contributed by atoms with van der Waals surface area (Å²) in [5, 5.41) is 7.06. The van der Waals surface area contributed by atoms with Crippen molar-refractivity contribution in [3.63, 3.8) is 0 Å². The van der Waals surface area contributed by atoms with Gasteiger partial charge in [0, 0.05) is 26.0 Å². The van der Waals surface area contributed by atoms with Gasteiger partial charge >= 0.3 is 0 Å². The van der Waals surface area contributed by atoms with Crippen LogP contribution >= 0.6 is 0 Å². The predicted molar refractivity (Wildman–Crippen MR) is 77.5 cm³/mol. The zero-order chi connectivity index (χ0) is 14.7. The quantitative estimate of drug-likeness (QED) is 0.910. The molecule has 21 heavy (non-hydrogen) atoms. The Morgan fingerprint density at radius 1 is 1.48 bits per heavy atom. The molecular weight excluding hydrogens is 268 g/mol. The molecule has 0 bridgehead atoms. The first-order valence-electron chi connectivity index (χ1n) is 7.04. The van der Waals surface area contributed by atoms with E-state index in [-0.39, 0.29) is 18.5 Å². The summed E-state index contributed by atoms with van der Waals surface area (Å²) < 4.78 is 1.65. The number of amides is 1. The molecule has 0 saturated carbocycles. The van der Waals surface area contributed by atoms with Gasteiger partial charge in [-0.15, -0.1) is 0 Å². The van der Waals surface area contributed by atoms with E-state index >= 15 is 0 Å². The van der Waals surface area contributed by atoms with Crippen molar-refractivity contribution in [2.24, 2.45) is 0 Å². The second kappa shape index (κ2) is 5.90. The first-order valence-corrected chi connectivity index (χ1v) is 7.04. The van der Waals surface area contributed by atoms with Gasteiger partial charge in [0.1, 0.15) is 12.4 Å². The van der Waals surface area contributed by atoms with Crippen molar-refractivity contribution in [1.29, 1.82) is 0 Å². The van der Waals surface area contributed by atoms with Crippen LogP contribution in [0.3, 0.4) is 0 Å². The van der Waals surface area contributed by atoms with Crippen molar-refractivity contribution >= 4 is 11.7 Å². The predicted octanol–water partition coefficient (Wildman–Crippen LogP) is 1.08. The third kappa shape index (κ3) is 2.86. The number of hydrogen-bond donors (Lipinski definition) is 1. The number of nitrogens with one attached hydrogen (secondary N) is 1. The molecule has 0 unspecified atom stereocenters. The molecule has 110 valence electrons. The fourth-order valence-electron chi connectivity index (χ4n) is 2.66. The molecule has 1 atom stereocenters. The molecule has 1 amide bonds. The minimum absolute atomic E-state index is 0.00821. The molecule has 7 heteroatoms. The summed E-state index contributed by atoms with van der Waals surface area (Å²) in [6.07, 6.45) is 8.80. The molecule has 2 aromatic rings. The normalized spacial score (nSPS) is 18.0. The Labute approximate surface area is 123 Å². The van der Waals surface area contributed by atoms with Crippen LogP contribution in [0.25, 0.3) is 0 Å². The van der Waals surface area contributed by atoms with Crippen LogP contribution < -0.4 is 5.32 Å². The SMILES string of the molecule is CNc1cncc([C@H]2CCCN2C(=O)Cn2cccn2)n1. The maximum absolute atomic E-state index is 12.5. The van der Waals surface area contributed by atoms with Gasteiger partial charge in [-0.2, -0.15) is 5.10 Å². The van der Waals surface area contributed by atoms with Crippen molar-refractivity contribution in [3.8, 4) is 0 Å². The van der Waals surface area contributed by atoms with Gasteiger partial charge in [-0.1, -0.05) is 0 Å². The number of likely N-dealkylation sites (tertiary alicyclic amines) is 1. The van der Waals surface area contributed by atoms with Crippen LogP contribution in [0.1, 0.15) is 24.6 Å². The summed E-state index contributed by atoms with van der Waals surface area (Å²) in [7, 11) is 1.81. The van der Waals surface area contributed by atoms with Crippen molar-refractivity contribution in [2.45, 2.75) is 25.4 Å². The van der Waals surface area contributed by atoms with Crippen LogP contribution in [-0.2, 0) is 11.3 Å². The molecule has 0 aromatic carbocycles. The number of rotatable bonds is 4. The van der Waals surface area contributed by atoms with E-state index in [1.165, 1.54) is 0 Å². The lowest BCUT2D eigenvalue weighted by molar-refractivity contribution is -0.133. The largest absolute Gasteiger partial charge is 0.372 e. The van der Waals surface area contributed by atoms with E-state index in [0.29, 0.717) is 0 Å². The molecule has 0 radical (unpaired) electrons. The van der Waals surface area contributed by atoms with Crippen LogP contribution in [0.5, 0.6) is 0 Å². The second-order valence-corrected chi connectivity index (χ2v) is 5.03. The van der Waals surface area contributed by atoms with Gasteiger partial charge in [0.05, 0.1) is 24.1 Å². The molecule has 1 aliphatic heterocycles. The molecule has 3 rings (SSSR count). The molecule has 1 N–H and O–H groups in total. The minimum atomic E-state index is 0.00821. The number of anilines is 1. The third-order valence-electron chi connectivity index (χ3n) is 3.68. The summed E-state index contributed by atoms with van der Waals surface area (Å²) in [5.41, 5.74) is 0.841. The van der Waals surface area contributed by atoms with Gasteiger partial charge in [0.15, 0.2) is 0 Å². The molecule has 0 spiro atoms. The lowest BCUT2D eigenvalue weighted by Crippen LogP contribution is -2.34. The summed E-state index contributed by atoms with van der Waals surface area (Å²) in [4.78, 5) is 23.0. The fraction of sp³-hybridized carbons (Fsp3) is 0.429. The number of hydrogen-bond acceptors (Lipinski definition) is 5. The molecule has 7 nitrogen and oxygen atoms in total. The van der Waals surface area contributed by atoms with Crippen molar-refractivity contribution in [3.05, 3.63) is 36.5 Å². The standard InChI is InChI=1S/C14H18N6O/c1-15-13-9-16-8-11(18-13)12-4-2-7-20(12)14(21)10-19-6-3-5-17-19/h3,5-6,8-9,12H,2,4,7,10H2,1H3,(H,15,18)/t12-/m1/s1. The Balaban J connectivity index is 1.76. The maximum Gasteiger partial charge on any atom is 0.244 e. The highest BCUT2D eigenvalue weighted by Crippen LogP contribution is 2.31. The lowest BCUT2D eigenvalue weighted by atomic mass is 10.1. The van der Waals surface area contributed by atoms with E-state index in [1.807, 2.05) is 18.0 Å². The molecule has 1 aliphatic rings. The van der Waals surface area contributed by atoms with Crippen LogP contribution in [0.2, 0.25) is 0 Å². The lowest BCUT2D eigenvalue weighted by Gasteiger charge is -2.24. The maximum atomic E-state index is 12.5. The Kier molecular flexibility index (Phi) is 3.81. The zero-order valence-electron chi connectivity index (χ0n) is 11.9. The molecule has 1 saturated heterocycles. The molecule has 2 aromatic heterocycles. The highest BCUT2D eigenvalue weighted by molar-refractivity contribution is 5.76. The smallest absolute Gasteiger partial charge is 0.244 e. The van der Waals surface area contributed by atoms with E-state index in [4.69, 9.17) is 0 Å². The van der Waals surface area contributed by atoms with Crippen LogP contribution in [0.15, 0.2) is 30.9 Å². The summed E-state index contributed by atoms with van der Waals surface area (Å²) in [6.45, 7) is 1.03. The molecule has 0 aliphatic carbocycles. The highest BCUT2D eigenvalue weighted by atomic mass is 16.2. The Bertz CT molecular complexity index is 612. The van der Waals surface area contributed by atoms with E-state index < -0.39 is 0 Å². The second-order valence-electron chi connectivity index (χ2n) is 5.03. The van der Waals surface area contributed by atoms with Gasteiger partial charge < -0.3 is 10.2 Å². The molecule has 3 heterocycles. The fourth-order valence-corrected chi connectivity index (χ4v) is 2.66. The average Bonchev–Trinajstić information content (AvgIpc) is 3.18. The van der Waals surface area contributed by atoms with Crippen LogP contribution in [-0.4, -0.2) is 44.1 Å². The van der Waals surface area contributed by atoms with Crippen LogP contribution in [0.4, 0.5) is 5.82 Å². The summed E-state index contributed by atoms with van der Waals surface area (Å²) >= 11 is 0. The van der Waals surface area contributed by atoms with Gasteiger partial charge in [-0.3, -0.25) is 14.5 Å². The summed E-state index contributed by atoms with van der Waals surface area (Å²) in [5.74, 6) is 0.789. The first-order chi connectivity index (χ1) is 10.3. The van der Waals surface area contributed by atoms with Gasteiger partial charge in [-0.25, -0.2) is 4.98 Å². The average molecular weight is 286 g/mol. The van der Waals surface area contributed by atoms with Crippen molar-refractivity contribution < 1.29 is 4.79 Å². The minimum Gasteiger partial charge on any atom is -0.372 e. The van der Waals surface area contributed by atoms with Gasteiger partial charge in [0.25, 0.3) is 0 Å². The monoisotopic (exact) mass is 286 g/mol. The number of carbonyl (C=O) groups is 1. The number of aromatic nitrogens is 4. The van der Waals surface area contributed by atoms with Crippen molar-refractivity contribution in [1.82, 2.24) is 24.6 Å².